The zero-order valence-corrected chi connectivity index (χ0v) is 34.6. The molecule has 0 aromatic heterocycles. The Morgan fingerprint density at radius 3 is 1.53 bits per heavy atom. The van der Waals surface area contributed by atoms with Gasteiger partial charge in [-0.2, -0.15) is 0 Å². The molecular weight excluding hydrogens is 689 g/mol. The number of phosphoric acid groups is 1. The first-order chi connectivity index (χ1) is 25.8. The fraction of sp³-hybridized carbons (Fsp3) is 0.767. The quantitative estimate of drug-likeness (QED) is 0.0271. The number of carbonyl (C=O) groups excluding carboxylic acids is 2. The van der Waals surface area contributed by atoms with Crippen molar-refractivity contribution in [3.63, 3.8) is 0 Å². The molecule has 0 saturated carbocycles. The summed E-state index contributed by atoms with van der Waals surface area (Å²) in [4.78, 5) is 34.8. The first kappa shape index (κ1) is 51.0. The van der Waals surface area contributed by atoms with E-state index in [0.29, 0.717) is 12.8 Å². The van der Waals surface area contributed by atoms with E-state index in [0.717, 1.165) is 57.8 Å². The van der Waals surface area contributed by atoms with E-state index >= 15 is 0 Å². The highest BCUT2D eigenvalue weighted by molar-refractivity contribution is 7.47. The summed E-state index contributed by atoms with van der Waals surface area (Å²) in [5, 5.41) is 0. The lowest BCUT2D eigenvalue weighted by Crippen LogP contribution is -2.29. The average Bonchev–Trinajstić information content (AvgIpc) is 3.14. The molecule has 2 atom stereocenters. The van der Waals surface area contributed by atoms with Gasteiger partial charge in [-0.05, 0) is 70.6 Å². The van der Waals surface area contributed by atoms with Crippen LogP contribution in [0.1, 0.15) is 181 Å². The van der Waals surface area contributed by atoms with Gasteiger partial charge >= 0.3 is 19.8 Å². The highest BCUT2D eigenvalue weighted by Gasteiger charge is 2.25. The number of unbranched alkanes of at least 4 members (excludes halogenated alkanes) is 18. The van der Waals surface area contributed by atoms with Gasteiger partial charge in [0.1, 0.15) is 6.61 Å². The fourth-order valence-corrected chi connectivity index (χ4v) is 6.29. The van der Waals surface area contributed by atoms with Crippen molar-refractivity contribution in [1.82, 2.24) is 0 Å². The van der Waals surface area contributed by atoms with E-state index in [4.69, 9.17) is 24.3 Å². The average molecular weight is 768 g/mol. The second-order valence-corrected chi connectivity index (χ2v) is 15.3. The van der Waals surface area contributed by atoms with Gasteiger partial charge in [0.25, 0.3) is 0 Å². The Hall–Kier alpha value is -2.03. The van der Waals surface area contributed by atoms with Crippen molar-refractivity contribution in [2.75, 3.05) is 26.4 Å². The summed E-state index contributed by atoms with van der Waals surface area (Å²) in [7, 11) is -4.39. The standard InChI is InChI=1S/C43H78NO8P/c1-3-5-7-9-11-13-15-17-19-20-22-23-25-27-29-31-33-35-42(45)49-39-41(40-51-53(47,48)50-38-37-44)52-43(46)36-34-32-30-28-26-24-21-18-16-14-12-10-8-6-4-2/h12,14,18,21-23,27,29,41H,3-11,13,15-17,19-20,24-26,28,30-40,44H2,1-2H3,(H,47,48)/b14-12+,21-18+,23-22+,29-27+/t41-/m1/s1. The smallest absolute Gasteiger partial charge is 0.462 e. The van der Waals surface area contributed by atoms with Crippen LogP contribution in [0.2, 0.25) is 0 Å². The van der Waals surface area contributed by atoms with Crippen LogP contribution in [0, 0.1) is 0 Å². The molecule has 0 aromatic carbocycles. The van der Waals surface area contributed by atoms with Crippen LogP contribution in [0.5, 0.6) is 0 Å². The van der Waals surface area contributed by atoms with Crippen LogP contribution in [0.3, 0.4) is 0 Å². The molecule has 0 aliphatic carbocycles. The Morgan fingerprint density at radius 1 is 0.566 bits per heavy atom. The molecule has 0 heterocycles. The van der Waals surface area contributed by atoms with Gasteiger partial charge in [0.15, 0.2) is 6.10 Å². The lowest BCUT2D eigenvalue weighted by atomic mass is 10.1. The minimum atomic E-state index is -4.39. The van der Waals surface area contributed by atoms with Gasteiger partial charge in [-0.1, -0.05) is 146 Å². The van der Waals surface area contributed by atoms with Crippen LogP contribution in [0.4, 0.5) is 0 Å². The molecule has 3 N–H and O–H groups in total. The van der Waals surface area contributed by atoms with Crippen LogP contribution < -0.4 is 5.73 Å². The Morgan fingerprint density at radius 2 is 1.00 bits per heavy atom. The van der Waals surface area contributed by atoms with Gasteiger partial charge < -0.3 is 20.1 Å². The summed E-state index contributed by atoms with van der Waals surface area (Å²) in [6.45, 7) is 3.63. The topological polar surface area (TPSA) is 134 Å². The van der Waals surface area contributed by atoms with E-state index in [1.165, 1.54) is 83.5 Å². The minimum Gasteiger partial charge on any atom is -0.462 e. The number of carbonyl (C=O) groups is 2. The van der Waals surface area contributed by atoms with Gasteiger partial charge in [0.2, 0.25) is 0 Å². The van der Waals surface area contributed by atoms with Crippen molar-refractivity contribution in [1.29, 1.82) is 0 Å². The van der Waals surface area contributed by atoms with E-state index in [1.54, 1.807) is 0 Å². The van der Waals surface area contributed by atoms with E-state index in [1.807, 2.05) is 0 Å². The van der Waals surface area contributed by atoms with Crippen LogP contribution in [0.25, 0.3) is 0 Å². The number of esters is 2. The number of hydrogen-bond acceptors (Lipinski definition) is 8. The molecule has 9 nitrogen and oxygen atoms in total. The van der Waals surface area contributed by atoms with Crippen LogP contribution in [-0.2, 0) is 32.7 Å². The molecule has 0 aliphatic rings. The largest absolute Gasteiger partial charge is 0.472 e. The maximum absolute atomic E-state index is 12.5. The number of phosphoric ester groups is 1. The number of hydrogen-bond donors (Lipinski definition) is 2. The third kappa shape index (κ3) is 39.5. The van der Waals surface area contributed by atoms with E-state index in [2.05, 4.69) is 62.5 Å². The predicted molar refractivity (Wildman–Crippen MR) is 220 cm³/mol. The third-order valence-electron chi connectivity index (χ3n) is 8.69. The molecule has 10 heteroatoms. The maximum atomic E-state index is 12.5. The molecule has 0 rings (SSSR count). The summed E-state index contributed by atoms with van der Waals surface area (Å²) >= 11 is 0. The Labute approximate surface area is 324 Å². The minimum absolute atomic E-state index is 0.0444. The van der Waals surface area contributed by atoms with Crippen molar-refractivity contribution in [2.24, 2.45) is 5.73 Å². The summed E-state index contributed by atoms with van der Waals surface area (Å²) in [6.07, 6.45) is 44.3. The number of nitrogens with two attached hydrogens (primary N) is 1. The maximum Gasteiger partial charge on any atom is 0.472 e. The molecule has 0 fully saturated rings. The zero-order chi connectivity index (χ0) is 38.9. The van der Waals surface area contributed by atoms with Crippen LogP contribution in [-0.4, -0.2) is 49.3 Å². The van der Waals surface area contributed by atoms with Gasteiger partial charge in [-0.25, -0.2) is 4.57 Å². The SMILES string of the molecule is CCCCC/C=C/C/C=C/CCCCCCCC(=O)O[C@H](COC(=O)CCC/C=C/C/C=C/CCCCCCCCCCC)COP(=O)(O)OCCN. The highest BCUT2D eigenvalue weighted by atomic mass is 31.2. The van der Waals surface area contributed by atoms with Crippen LogP contribution in [0.15, 0.2) is 48.6 Å². The number of allylic oxidation sites excluding steroid dienone is 8. The molecular formula is C43H78NO8P. The summed E-state index contributed by atoms with van der Waals surface area (Å²) in [5.74, 6) is -0.899. The molecule has 0 aromatic rings. The summed E-state index contributed by atoms with van der Waals surface area (Å²) in [6, 6.07) is 0. The fourth-order valence-electron chi connectivity index (χ4n) is 5.53. The number of rotatable bonds is 39. The Kier molecular flexibility index (Phi) is 38.1. The molecule has 0 spiro atoms. The Bertz CT molecular complexity index is 1010. The van der Waals surface area contributed by atoms with Crippen LogP contribution >= 0.6 is 7.82 Å². The molecule has 53 heavy (non-hydrogen) atoms. The zero-order valence-electron chi connectivity index (χ0n) is 33.7. The molecule has 0 saturated heterocycles. The molecule has 0 radical (unpaired) electrons. The van der Waals surface area contributed by atoms with Gasteiger partial charge in [0, 0.05) is 19.4 Å². The van der Waals surface area contributed by atoms with Gasteiger partial charge in [-0.3, -0.25) is 18.6 Å². The summed E-state index contributed by atoms with van der Waals surface area (Å²) in [5.41, 5.74) is 5.34. The van der Waals surface area contributed by atoms with E-state index < -0.39 is 32.5 Å². The van der Waals surface area contributed by atoms with Crippen molar-refractivity contribution >= 4 is 19.8 Å². The highest BCUT2D eigenvalue weighted by Crippen LogP contribution is 2.43. The molecule has 0 amide bonds. The molecule has 1 unspecified atom stereocenters. The Balaban J connectivity index is 4.26. The lowest BCUT2D eigenvalue weighted by molar-refractivity contribution is -0.161. The van der Waals surface area contributed by atoms with Crippen molar-refractivity contribution in [3.8, 4) is 0 Å². The second-order valence-electron chi connectivity index (χ2n) is 13.8. The lowest BCUT2D eigenvalue weighted by Gasteiger charge is -2.19. The van der Waals surface area contributed by atoms with Crippen molar-refractivity contribution < 1.29 is 37.6 Å². The predicted octanol–water partition coefficient (Wildman–Crippen LogP) is 11.9. The molecule has 308 valence electrons. The molecule has 0 aliphatic heterocycles. The summed E-state index contributed by atoms with van der Waals surface area (Å²) < 4.78 is 32.7. The van der Waals surface area contributed by atoms with Gasteiger partial charge in [-0.15, -0.1) is 0 Å². The number of ether oxygens (including phenoxy) is 2. The van der Waals surface area contributed by atoms with E-state index in [-0.39, 0.29) is 32.6 Å². The van der Waals surface area contributed by atoms with E-state index in [9.17, 15) is 19.0 Å². The first-order valence-corrected chi connectivity index (χ1v) is 22.6. The normalized spacial score (nSPS) is 13.8. The first-order valence-electron chi connectivity index (χ1n) is 21.1. The third-order valence-corrected chi connectivity index (χ3v) is 9.67. The van der Waals surface area contributed by atoms with Crippen molar-refractivity contribution in [2.45, 2.75) is 187 Å². The molecule has 0 bridgehead atoms. The van der Waals surface area contributed by atoms with Crippen molar-refractivity contribution in [3.05, 3.63) is 48.6 Å². The monoisotopic (exact) mass is 768 g/mol. The van der Waals surface area contributed by atoms with Gasteiger partial charge in [0.05, 0.1) is 13.2 Å². The second kappa shape index (κ2) is 39.7.